The number of benzene rings is 1. The Labute approximate surface area is 117 Å². The van der Waals surface area contributed by atoms with Gasteiger partial charge < -0.3 is 4.42 Å². The third-order valence-corrected chi connectivity index (χ3v) is 3.03. The molecule has 0 aliphatic heterocycles. The molecule has 19 heavy (non-hydrogen) atoms. The summed E-state index contributed by atoms with van der Waals surface area (Å²) in [5.41, 5.74) is 2.87. The summed E-state index contributed by atoms with van der Waals surface area (Å²) in [4.78, 5) is 4.43. The molecule has 0 saturated heterocycles. The van der Waals surface area contributed by atoms with E-state index in [1.807, 2.05) is 62.4 Å². The van der Waals surface area contributed by atoms with E-state index >= 15 is 0 Å². The molecule has 0 radical (unpaired) electrons. The molecule has 3 nitrogen and oxygen atoms in total. The molecule has 0 spiro atoms. The quantitative estimate of drug-likeness (QED) is 0.666. The molecule has 0 amide bonds. The molecule has 98 valence electrons. The molecule has 0 aliphatic rings. The molecular formula is C15H16N2OS. The van der Waals surface area contributed by atoms with E-state index in [1.54, 1.807) is 0 Å². The molecule has 0 bridgehead atoms. The van der Waals surface area contributed by atoms with Crippen molar-refractivity contribution in [2.45, 2.75) is 19.1 Å². The van der Waals surface area contributed by atoms with Crippen molar-refractivity contribution < 1.29 is 4.42 Å². The highest BCUT2D eigenvalue weighted by Crippen LogP contribution is 2.31. The number of oxazole rings is 1. The van der Waals surface area contributed by atoms with Crippen molar-refractivity contribution in [3.8, 4) is 11.3 Å². The third kappa shape index (κ3) is 3.16. The zero-order valence-corrected chi connectivity index (χ0v) is 11.8. The first-order valence-corrected chi connectivity index (χ1v) is 6.87. The first-order valence-electron chi connectivity index (χ1n) is 5.99. The lowest BCUT2D eigenvalue weighted by molar-refractivity contribution is 0.466. The minimum absolute atomic E-state index is 0.474. The van der Waals surface area contributed by atoms with Crippen molar-refractivity contribution in [3.05, 3.63) is 54.3 Å². The van der Waals surface area contributed by atoms with Gasteiger partial charge in [-0.3, -0.25) is 5.14 Å². The maximum Gasteiger partial charge on any atom is 0.272 e. The van der Waals surface area contributed by atoms with Crippen molar-refractivity contribution in [2.24, 2.45) is 5.14 Å². The molecule has 2 rings (SSSR count). The fraction of sp³-hybridized carbons (Fsp3) is 0.133. The Balaban J connectivity index is 2.51. The van der Waals surface area contributed by atoms with Crippen LogP contribution in [0.5, 0.6) is 0 Å². The Morgan fingerprint density at radius 2 is 2.05 bits per heavy atom. The number of hydrogen-bond donors (Lipinski definition) is 1. The standard InChI is InChI=1S/C15H16N2OS/c1-3-4-8-11(2)13-14(18-15(17-13)19-16)12-9-6-5-7-10-12/h3-10H,16H2,1-2H3/b4-3-,11-8+. The van der Waals surface area contributed by atoms with Gasteiger partial charge in [-0.1, -0.05) is 48.6 Å². The monoisotopic (exact) mass is 272 g/mol. The molecule has 1 aromatic heterocycles. The lowest BCUT2D eigenvalue weighted by Crippen LogP contribution is -1.85. The van der Waals surface area contributed by atoms with Crippen LogP contribution < -0.4 is 5.14 Å². The van der Waals surface area contributed by atoms with Crippen LogP contribution in [0, 0.1) is 0 Å². The van der Waals surface area contributed by atoms with E-state index in [1.165, 1.54) is 0 Å². The van der Waals surface area contributed by atoms with Gasteiger partial charge in [0.05, 0.1) is 0 Å². The average Bonchev–Trinajstić information content (AvgIpc) is 2.90. The maximum atomic E-state index is 5.71. The second-order valence-electron chi connectivity index (χ2n) is 4.02. The smallest absolute Gasteiger partial charge is 0.272 e. The average molecular weight is 272 g/mol. The van der Waals surface area contributed by atoms with Gasteiger partial charge in [-0.25, -0.2) is 4.98 Å². The van der Waals surface area contributed by atoms with Gasteiger partial charge in [-0.2, -0.15) is 0 Å². The Morgan fingerprint density at radius 3 is 2.68 bits per heavy atom. The molecule has 2 N–H and O–H groups in total. The van der Waals surface area contributed by atoms with Crippen LogP contribution in [0.15, 0.2) is 58.2 Å². The summed E-state index contributed by atoms with van der Waals surface area (Å²) in [7, 11) is 0. The largest absolute Gasteiger partial charge is 0.430 e. The topological polar surface area (TPSA) is 52.0 Å². The van der Waals surface area contributed by atoms with E-state index < -0.39 is 0 Å². The van der Waals surface area contributed by atoms with E-state index in [-0.39, 0.29) is 0 Å². The number of aromatic nitrogens is 1. The minimum atomic E-state index is 0.474. The summed E-state index contributed by atoms with van der Waals surface area (Å²) in [5.74, 6) is 0.756. The fourth-order valence-corrected chi connectivity index (χ4v) is 2.00. The zero-order valence-electron chi connectivity index (χ0n) is 11.0. The minimum Gasteiger partial charge on any atom is -0.430 e. The highest BCUT2D eigenvalue weighted by Gasteiger charge is 2.15. The number of nitrogens with zero attached hydrogens (tertiary/aromatic N) is 1. The molecule has 0 fully saturated rings. The molecule has 0 aliphatic carbocycles. The van der Waals surface area contributed by atoms with E-state index in [0.717, 1.165) is 34.5 Å². The van der Waals surface area contributed by atoms with Gasteiger partial charge in [0.2, 0.25) is 0 Å². The second kappa shape index (κ2) is 6.41. The highest BCUT2D eigenvalue weighted by atomic mass is 32.2. The summed E-state index contributed by atoms with van der Waals surface area (Å²) >= 11 is 1.02. The Hall–Kier alpha value is -1.78. The van der Waals surface area contributed by atoms with Gasteiger partial charge >= 0.3 is 0 Å². The highest BCUT2D eigenvalue weighted by molar-refractivity contribution is 7.96. The van der Waals surface area contributed by atoms with Gasteiger partial charge in [0, 0.05) is 17.5 Å². The van der Waals surface area contributed by atoms with E-state index in [4.69, 9.17) is 9.56 Å². The van der Waals surface area contributed by atoms with Crippen LogP contribution in [0.3, 0.4) is 0 Å². The lowest BCUT2D eigenvalue weighted by atomic mass is 10.1. The predicted molar refractivity (Wildman–Crippen MR) is 80.4 cm³/mol. The molecule has 0 atom stereocenters. The molecule has 0 unspecified atom stereocenters. The summed E-state index contributed by atoms with van der Waals surface area (Å²) in [6.07, 6.45) is 5.97. The fourth-order valence-electron chi connectivity index (χ4n) is 1.72. The SMILES string of the molecule is C/C=C\C=C(/C)c1nc(SN)oc1-c1ccccc1. The van der Waals surface area contributed by atoms with Crippen LogP contribution in [0.1, 0.15) is 19.5 Å². The normalized spacial score (nSPS) is 12.3. The van der Waals surface area contributed by atoms with Gasteiger partial charge in [-0.05, 0) is 19.4 Å². The Morgan fingerprint density at radius 1 is 1.32 bits per heavy atom. The van der Waals surface area contributed by atoms with Gasteiger partial charge in [0.25, 0.3) is 5.22 Å². The van der Waals surface area contributed by atoms with Crippen molar-refractivity contribution in [2.75, 3.05) is 0 Å². The van der Waals surface area contributed by atoms with Gasteiger partial charge in [0.1, 0.15) is 5.69 Å². The lowest BCUT2D eigenvalue weighted by Gasteiger charge is -2.00. The van der Waals surface area contributed by atoms with Crippen LogP contribution in [-0.2, 0) is 0 Å². The summed E-state index contributed by atoms with van der Waals surface area (Å²) in [6.45, 7) is 3.99. The molecule has 1 aromatic carbocycles. The molecule has 1 heterocycles. The van der Waals surface area contributed by atoms with Crippen LogP contribution in [0.4, 0.5) is 0 Å². The number of rotatable bonds is 4. The summed E-state index contributed by atoms with van der Waals surface area (Å²) < 4.78 is 5.71. The third-order valence-electron chi connectivity index (χ3n) is 2.66. The van der Waals surface area contributed by atoms with Gasteiger partial charge in [0.15, 0.2) is 5.76 Å². The van der Waals surface area contributed by atoms with E-state index in [0.29, 0.717) is 5.22 Å². The van der Waals surface area contributed by atoms with Crippen molar-refractivity contribution >= 4 is 17.5 Å². The molecule has 0 saturated carbocycles. The maximum absolute atomic E-state index is 5.71. The second-order valence-corrected chi connectivity index (χ2v) is 4.60. The molecule has 4 heteroatoms. The Bertz CT molecular complexity index is 600. The summed E-state index contributed by atoms with van der Waals surface area (Å²) in [5, 5.41) is 6.01. The number of nitrogens with two attached hydrogens (primary N) is 1. The Kier molecular flexibility index (Phi) is 4.60. The van der Waals surface area contributed by atoms with Crippen molar-refractivity contribution in [1.29, 1.82) is 0 Å². The molecule has 2 aromatic rings. The number of hydrogen-bond acceptors (Lipinski definition) is 4. The van der Waals surface area contributed by atoms with Crippen molar-refractivity contribution in [1.82, 2.24) is 4.98 Å². The van der Waals surface area contributed by atoms with Crippen molar-refractivity contribution in [3.63, 3.8) is 0 Å². The van der Waals surface area contributed by atoms with Crippen LogP contribution in [0.25, 0.3) is 16.9 Å². The van der Waals surface area contributed by atoms with Gasteiger partial charge in [-0.15, -0.1) is 0 Å². The predicted octanol–water partition coefficient (Wildman–Crippen LogP) is 4.29. The van der Waals surface area contributed by atoms with Crippen LogP contribution in [0.2, 0.25) is 0 Å². The van der Waals surface area contributed by atoms with Crippen LogP contribution in [-0.4, -0.2) is 4.98 Å². The first kappa shape index (κ1) is 13.6. The van der Waals surface area contributed by atoms with E-state index in [2.05, 4.69) is 4.98 Å². The molecular weight excluding hydrogens is 256 g/mol. The number of allylic oxidation sites excluding steroid dienone is 4. The van der Waals surface area contributed by atoms with E-state index in [9.17, 15) is 0 Å². The first-order chi connectivity index (χ1) is 9.26. The van der Waals surface area contributed by atoms with Crippen LogP contribution >= 0.6 is 11.9 Å². The zero-order chi connectivity index (χ0) is 13.7. The summed E-state index contributed by atoms with van der Waals surface area (Å²) in [6, 6.07) is 9.92.